The highest BCUT2D eigenvalue weighted by Gasteiger charge is 2.10. The van der Waals surface area contributed by atoms with Crippen LogP contribution in [0.4, 0.5) is 11.4 Å². The number of hydrogen-bond acceptors (Lipinski definition) is 3. The molecule has 3 rings (SSSR count). The molecule has 0 saturated heterocycles. The van der Waals surface area contributed by atoms with Gasteiger partial charge in [0.15, 0.2) is 0 Å². The first-order chi connectivity index (χ1) is 9.61. The predicted octanol–water partition coefficient (Wildman–Crippen LogP) is 4.39. The Hall–Kier alpha value is -2.04. The lowest BCUT2D eigenvalue weighted by atomic mass is 10.2. The van der Waals surface area contributed by atoms with E-state index in [4.69, 9.17) is 17.3 Å². The molecule has 20 heavy (non-hydrogen) atoms. The number of halogens is 1. The van der Waals surface area contributed by atoms with Gasteiger partial charge in [-0.25, -0.2) is 0 Å². The van der Waals surface area contributed by atoms with E-state index >= 15 is 0 Å². The van der Waals surface area contributed by atoms with Gasteiger partial charge in [0.1, 0.15) is 0 Å². The normalized spacial score (nSPS) is 10.7. The number of fused-ring (bicyclic) bond motifs is 1. The van der Waals surface area contributed by atoms with Crippen molar-refractivity contribution in [1.29, 1.82) is 0 Å². The van der Waals surface area contributed by atoms with Crippen LogP contribution in [-0.2, 0) is 0 Å². The Morgan fingerprint density at radius 1 is 1.10 bits per heavy atom. The molecule has 3 N–H and O–H groups in total. The number of anilines is 2. The fourth-order valence-corrected chi connectivity index (χ4v) is 2.96. The van der Waals surface area contributed by atoms with E-state index in [-0.39, 0.29) is 5.91 Å². The lowest BCUT2D eigenvalue weighted by molar-refractivity contribution is 0.103. The van der Waals surface area contributed by atoms with Crippen LogP contribution in [0.1, 0.15) is 9.67 Å². The molecule has 0 radical (unpaired) electrons. The SMILES string of the molecule is Nc1ccc2sc(C(=O)Nc3ccc(Cl)cc3)cc2c1. The number of rotatable bonds is 2. The van der Waals surface area contributed by atoms with Crippen molar-refractivity contribution < 1.29 is 4.79 Å². The van der Waals surface area contributed by atoms with Gasteiger partial charge in [-0.3, -0.25) is 4.79 Å². The number of carbonyl (C=O) groups is 1. The fraction of sp³-hybridized carbons (Fsp3) is 0. The Labute approximate surface area is 125 Å². The van der Waals surface area contributed by atoms with Gasteiger partial charge in [-0.15, -0.1) is 11.3 Å². The summed E-state index contributed by atoms with van der Waals surface area (Å²) < 4.78 is 1.04. The number of hydrogen-bond donors (Lipinski definition) is 2. The second-order valence-electron chi connectivity index (χ2n) is 4.37. The quantitative estimate of drug-likeness (QED) is 0.690. The van der Waals surface area contributed by atoms with Crippen LogP contribution in [-0.4, -0.2) is 5.91 Å². The zero-order valence-electron chi connectivity index (χ0n) is 10.4. The maximum absolute atomic E-state index is 12.2. The molecule has 2 aromatic carbocycles. The van der Waals surface area contributed by atoms with Gasteiger partial charge in [0.05, 0.1) is 4.88 Å². The van der Waals surface area contributed by atoms with E-state index in [1.54, 1.807) is 24.3 Å². The molecule has 0 aliphatic rings. The molecule has 0 unspecified atom stereocenters. The van der Waals surface area contributed by atoms with Crippen molar-refractivity contribution in [3.05, 3.63) is 58.4 Å². The molecule has 0 fully saturated rings. The summed E-state index contributed by atoms with van der Waals surface area (Å²) in [5, 5.41) is 4.46. The van der Waals surface area contributed by atoms with Crippen molar-refractivity contribution in [3.8, 4) is 0 Å². The fourth-order valence-electron chi connectivity index (χ4n) is 1.90. The Balaban J connectivity index is 1.86. The van der Waals surface area contributed by atoms with Crippen molar-refractivity contribution in [1.82, 2.24) is 0 Å². The average molecular weight is 303 g/mol. The molecule has 0 atom stereocenters. The van der Waals surface area contributed by atoms with Gasteiger partial charge < -0.3 is 11.1 Å². The van der Waals surface area contributed by atoms with Crippen molar-refractivity contribution in [3.63, 3.8) is 0 Å². The molecule has 0 bridgehead atoms. The molecule has 0 aliphatic carbocycles. The maximum atomic E-state index is 12.2. The van der Waals surface area contributed by atoms with Crippen LogP contribution in [0.5, 0.6) is 0 Å². The summed E-state index contributed by atoms with van der Waals surface area (Å²) in [6.45, 7) is 0. The van der Waals surface area contributed by atoms with Gasteiger partial charge in [-0.2, -0.15) is 0 Å². The van der Waals surface area contributed by atoms with E-state index < -0.39 is 0 Å². The van der Waals surface area contributed by atoms with E-state index in [9.17, 15) is 4.79 Å². The van der Waals surface area contributed by atoms with Crippen LogP contribution in [0.3, 0.4) is 0 Å². The van der Waals surface area contributed by atoms with Crippen LogP contribution in [0.15, 0.2) is 48.5 Å². The highest BCUT2D eigenvalue weighted by atomic mass is 35.5. The standard InChI is InChI=1S/C15H11ClN2OS/c16-10-1-4-12(5-2-10)18-15(19)14-8-9-7-11(17)3-6-13(9)20-14/h1-8H,17H2,(H,18,19). The number of amides is 1. The van der Waals surface area contributed by atoms with Gasteiger partial charge in [-0.1, -0.05) is 11.6 Å². The Morgan fingerprint density at radius 2 is 1.85 bits per heavy atom. The highest BCUT2D eigenvalue weighted by Crippen LogP contribution is 2.28. The van der Waals surface area contributed by atoms with Gasteiger partial charge in [0.25, 0.3) is 5.91 Å². The molecule has 100 valence electrons. The molecule has 1 heterocycles. The van der Waals surface area contributed by atoms with Gasteiger partial charge in [-0.05, 0) is 53.9 Å². The Bertz CT molecular complexity index is 780. The molecule has 5 heteroatoms. The maximum Gasteiger partial charge on any atom is 0.265 e. The van der Waals surface area contributed by atoms with E-state index in [1.165, 1.54) is 11.3 Å². The van der Waals surface area contributed by atoms with Crippen LogP contribution in [0, 0.1) is 0 Å². The molecule has 3 nitrogen and oxygen atoms in total. The first kappa shape index (κ1) is 13.0. The number of carbonyl (C=O) groups excluding carboxylic acids is 1. The van der Waals surface area contributed by atoms with E-state index in [0.717, 1.165) is 15.8 Å². The highest BCUT2D eigenvalue weighted by molar-refractivity contribution is 7.20. The van der Waals surface area contributed by atoms with Crippen LogP contribution in [0.25, 0.3) is 10.1 Å². The monoisotopic (exact) mass is 302 g/mol. The molecular weight excluding hydrogens is 292 g/mol. The number of benzene rings is 2. The zero-order chi connectivity index (χ0) is 14.1. The minimum Gasteiger partial charge on any atom is -0.399 e. The summed E-state index contributed by atoms with van der Waals surface area (Å²) in [7, 11) is 0. The second-order valence-corrected chi connectivity index (χ2v) is 5.89. The second kappa shape index (κ2) is 5.15. The smallest absolute Gasteiger partial charge is 0.265 e. The third-order valence-corrected chi connectivity index (χ3v) is 4.23. The minimum absolute atomic E-state index is 0.132. The van der Waals surface area contributed by atoms with Crippen molar-refractivity contribution in [2.45, 2.75) is 0 Å². The summed E-state index contributed by atoms with van der Waals surface area (Å²) in [6.07, 6.45) is 0. The molecule has 1 amide bonds. The van der Waals surface area contributed by atoms with Crippen molar-refractivity contribution in [2.75, 3.05) is 11.1 Å². The summed E-state index contributed by atoms with van der Waals surface area (Å²) in [6, 6.07) is 14.5. The van der Waals surface area contributed by atoms with E-state index in [2.05, 4.69) is 5.32 Å². The molecule has 0 saturated carbocycles. The van der Waals surface area contributed by atoms with E-state index in [1.807, 2.05) is 24.3 Å². The molecule has 0 aliphatic heterocycles. The lowest BCUT2D eigenvalue weighted by Crippen LogP contribution is -2.09. The molecular formula is C15H11ClN2OS. The number of nitrogens with two attached hydrogens (primary N) is 1. The van der Waals surface area contributed by atoms with E-state index in [0.29, 0.717) is 15.6 Å². The van der Waals surface area contributed by atoms with Gasteiger partial charge >= 0.3 is 0 Å². The van der Waals surface area contributed by atoms with Crippen molar-refractivity contribution in [2.24, 2.45) is 0 Å². The first-order valence-corrected chi connectivity index (χ1v) is 7.17. The minimum atomic E-state index is -0.132. The largest absolute Gasteiger partial charge is 0.399 e. The molecule has 0 spiro atoms. The summed E-state index contributed by atoms with van der Waals surface area (Å²) in [4.78, 5) is 12.8. The third kappa shape index (κ3) is 2.61. The molecule has 1 aromatic heterocycles. The topological polar surface area (TPSA) is 55.1 Å². The third-order valence-electron chi connectivity index (χ3n) is 2.87. The Kier molecular flexibility index (Phi) is 3.34. The Morgan fingerprint density at radius 3 is 2.60 bits per heavy atom. The summed E-state index contributed by atoms with van der Waals surface area (Å²) >= 11 is 7.25. The summed E-state index contributed by atoms with van der Waals surface area (Å²) in [5.74, 6) is -0.132. The van der Waals surface area contributed by atoms with Gasteiger partial charge in [0.2, 0.25) is 0 Å². The predicted molar refractivity (Wildman–Crippen MR) is 85.6 cm³/mol. The van der Waals surface area contributed by atoms with Crippen molar-refractivity contribution >= 4 is 50.3 Å². The van der Waals surface area contributed by atoms with Crippen LogP contribution >= 0.6 is 22.9 Å². The first-order valence-electron chi connectivity index (χ1n) is 5.98. The number of thiophene rings is 1. The van der Waals surface area contributed by atoms with Crippen LogP contribution < -0.4 is 11.1 Å². The number of nitrogens with one attached hydrogen (secondary N) is 1. The number of nitrogen functional groups attached to an aromatic ring is 1. The zero-order valence-corrected chi connectivity index (χ0v) is 12.0. The summed E-state index contributed by atoms with van der Waals surface area (Å²) in [5.41, 5.74) is 7.15. The lowest BCUT2D eigenvalue weighted by Gasteiger charge is -2.02. The average Bonchev–Trinajstić information content (AvgIpc) is 2.84. The van der Waals surface area contributed by atoms with Gasteiger partial charge in [0, 0.05) is 21.1 Å². The van der Waals surface area contributed by atoms with Crippen LogP contribution in [0.2, 0.25) is 5.02 Å². The molecule has 3 aromatic rings.